The molecule has 0 spiro atoms. The van der Waals surface area contributed by atoms with Gasteiger partial charge in [-0.1, -0.05) is 6.08 Å². The standard InChI is InChI=1S/C7H13NO2/c1-6(7(9)10)4-5-8(2)3/h4H,5H2,1-3H3,(H,9,10). The van der Waals surface area contributed by atoms with Crippen LogP contribution in [0, 0.1) is 0 Å². The van der Waals surface area contributed by atoms with Crippen molar-refractivity contribution in [1.82, 2.24) is 4.90 Å². The molecule has 3 heteroatoms. The van der Waals surface area contributed by atoms with Crippen LogP contribution in [0.5, 0.6) is 0 Å². The third-order valence-electron chi connectivity index (χ3n) is 1.10. The van der Waals surface area contributed by atoms with E-state index in [-0.39, 0.29) is 0 Å². The van der Waals surface area contributed by atoms with Crippen molar-refractivity contribution in [3.8, 4) is 0 Å². The van der Waals surface area contributed by atoms with E-state index < -0.39 is 5.97 Å². The smallest absolute Gasteiger partial charge is 0.330 e. The molecule has 0 rings (SSSR count). The van der Waals surface area contributed by atoms with Gasteiger partial charge in [-0.3, -0.25) is 0 Å². The molecule has 10 heavy (non-hydrogen) atoms. The van der Waals surface area contributed by atoms with Gasteiger partial charge in [0, 0.05) is 12.1 Å². The van der Waals surface area contributed by atoms with Crippen LogP contribution in [0.3, 0.4) is 0 Å². The lowest BCUT2D eigenvalue weighted by molar-refractivity contribution is -0.132. The lowest BCUT2D eigenvalue weighted by atomic mass is 10.3. The van der Waals surface area contributed by atoms with Gasteiger partial charge in [0.2, 0.25) is 0 Å². The number of carboxylic acids is 1. The van der Waals surface area contributed by atoms with E-state index in [0.29, 0.717) is 12.1 Å². The second kappa shape index (κ2) is 4.06. The fraction of sp³-hybridized carbons (Fsp3) is 0.571. The van der Waals surface area contributed by atoms with Gasteiger partial charge in [0.15, 0.2) is 0 Å². The van der Waals surface area contributed by atoms with E-state index >= 15 is 0 Å². The zero-order chi connectivity index (χ0) is 8.15. The number of carboxylic acid groups (broad SMARTS) is 1. The topological polar surface area (TPSA) is 40.5 Å². The summed E-state index contributed by atoms with van der Waals surface area (Å²) in [7, 11) is 3.79. The molecule has 58 valence electrons. The Kier molecular flexibility index (Phi) is 3.72. The Bertz CT molecular complexity index is 150. The molecule has 0 aromatic heterocycles. The van der Waals surface area contributed by atoms with Crippen molar-refractivity contribution in [3.05, 3.63) is 11.6 Å². The largest absolute Gasteiger partial charge is 0.478 e. The lowest BCUT2D eigenvalue weighted by Crippen LogP contribution is -2.12. The fourth-order valence-corrected chi connectivity index (χ4v) is 0.407. The average molecular weight is 143 g/mol. The van der Waals surface area contributed by atoms with Gasteiger partial charge in [-0.25, -0.2) is 4.79 Å². The van der Waals surface area contributed by atoms with Crippen LogP contribution >= 0.6 is 0 Å². The van der Waals surface area contributed by atoms with Gasteiger partial charge < -0.3 is 10.0 Å². The summed E-state index contributed by atoms with van der Waals surface area (Å²) >= 11 is 0. The van der Waals surface area contributed by atoms with Crippen molar-refractivity contribution in [1.29, 1.82) is 0 Å². The van der Waals surface area contributed by atoms with Gasteiger partial charge in [0.05, 0.1) is 0 Å². The molecule has 0 amide bonds. The van der Waals surface area contributed by atoms with E-state index in [1.165, 1.54) is 0 Å². The molecule has 0 bridgehead atoms. The van der Waals surface area contributed by atoms with Crippen LogP contribution in [0.1, 0.15) is 6.92 Å². The van der Waals surface area contributed by atoms with Crippen LogP contribution in [0.2, 0.25) is 0 Å². The molecular weight excluding hydrogens is 130 g/mol. The highest BCUT2D eigenvalue weighted by Crippen LogP contribution is 1.91. The Morgan fingerprint density at radius 3 is 2.40 bits per heavy atom. The van der Waals surface area contributed by atoms with E-state index in [9.17, 15) is 4.79 Å². The normalized spacial score (nSPS) is 12.2. The molecule has 0 aliphatic rings. The van der Waals surface area contributed by atoms with Crippen molar-refractivity contribution in [2.24, 2.45) is 0 Å². The Labute approximate surface area is 61.0 Å². The number of hydrogen-bond acceptors (Lipinski definition) is 2. The first-order valence-corrected chi connectivity index (χ1v) is 3.09. The second-order valence-corrected chi connectivity index (χ2v) is 2.45. The molecule has 0 fully saturated rings. The Morgan fingerprint density at radius 1 is 1.60 bits per heavy atom. The van der Waals surface area contributed by atoms with Crippen LogP contribution in [-0.4, -0.2) is 36.6 Å². The van der Waals surface area contributed by atoms with Crippen molar-refractivity contribution in [2.75, 3.05) is 20.6 Å². The van der Waals surface area contributed by atoms with Crippen LogP contribution in [0.4, 0.5) is 0 Å². The molecule has 0 saturated heterocycles. The van der Waals surface area contributed by atoms with E-state index in [2.05, 4.69) is 0 Å². The molecule has 0 radical (unpaired) electrons. The molecule has 0 aromatic carbocycles. The quantitative estimate of drug-likeness (QED) is 0.587. The number of carbonyl (C=O) groups is 1. The third kappa shape index (κ3) is 4.09. The Hall–Kier alpha value is -0.830. The van der Waals surface area contributed by atoms with E-state index in [1.54, 1.807) is 13.0 Å². The third-order valence-corrected chi connectivity index (χ3v) is 1.10. The SMILES string of the molecule is CC(=CCN(C)C)C(=O)O. The molecule has 3 nitrogen and oxygen atoms in total. The molecule has 0 aliphatic heterocycles. The first-order chi connectivity index (χ1) is 4.54. The second-order valence-electron chi connectivity index (χ2n) is 2.45. The predicted octanol–water partition coefficient (Wildman–Crippen LogP) is 0.579. The molecule has 0 aromatic rings. The van der Waals surface area contributed by atoms with E-state index in [1.807, 2.05) is 19.0 Å². The number of nitrogens with zero attached hydrogens (tertiary/aromatic N) is 1. The summed E-state index contributed by atoms with van der Waals surface area (Å²) in [6, 6.07) is 0. The number of rotatable bonds is 3. The highest BCUT2D eigenvalue weighted by molar-refractivity contribution is 5.85. The highest BCUT2D eigenvalue weighted by Gasteiger charge is 1.97. The number of hydrogen-bond donors (Lipinski definition) is 1. The van der Waals surface area contributed by atoms with Gasteiger partial charge in [0.25, 0.3) is 0 Å². The molecule has 0 saturated carbocycles. The predicted molar refractivity (Wildman–Crippen MR) is 39.9 cm³/mol. The number of likely N-dealkylation sites (N-methyl/N-ethyl adjacent to an activating group) is 1. The fourth-order valence-electron chi connectivity index (χ4n) is 0.407. The van der Waals surface area contributed by atoms with Crippen molar-refractivity contribution in [2.45, 2.75) is 6.92 Å². The maximum absolute atomic E-state index is 10.2. The van der Waals surface area contributed by atoms with Crippen molar-refractivity contribution >= 4 is 5.97 Å². The van der Waals surface area contributed by atoms with Crippen molar-refractivity contribution < 1.29 is 9.90 Å². The van der Waals surface area contributed by atoms with Crippen LogP contribution in [0.25, 0.3) is 0 Å². The summed E-state index contributed by atoms with van der Waals surface area (Å²) in [4.78, 5) is 12.1. The lowest BCUT2D eigenvalue weighted by Gasteiger charge is -2.04. The minimum absolute atomic E-state index is 0.397. The molecule has 1 N–H and O–H groups in total. The maximum atomic E-state index is 10.2. The summed E-state index contributed by atoms with van der Waals surface area (Å²) in [5, 5.41) is 8.41. The summed E-state index contributed by atoms with van der Waals surface area (Å²) in [5.41, 5.74) is 0.397. The van der Waals surface area contributed by atoms with E-state index in [0.717, 1.165) is 0 Å². The minimum Gasteiger partial charge on any atom is -0.478 e. The van der Waals surface area contributed by atoms with Crippen LogP contribution in [-0.2, 0) is 4.79 Å². The van der Waals surface area contributed by atoms with Gasteiger partial charge in [0.1, 0.15) is 0 Å². The van der Waals surface area contributed by atoms with Crippen LogP contribution in [0.15, 0.2) is 11.6 Å². The van der Waals surface area contributed by atoms with Gasteiger partial charge in [-0.15, -0.1) is 0 Å². The minimum atomic E-state index is -0.846. The average Bonchev–Trinajstić information content (AvgIpc) is 1.82. The molecule has 0 heterocycles. The first-order valence-electron chi connectivity index (χ1n) is 3.09. The molecular formula is C7H13NO2. The zero-order valence-corrected chi connectivity index (χ0v) is 6.59. The number of aliphatic carboxylic acids is 1. The van der Waals surface area contributed by atoms with Crippen molar-refractivity contribution in [3.63, 3.8) is 0 Å². The zero-order valence-electron chi connectivity index (χ0n) is 6.59. The molecule has 0 atom stereocenters. The monoisotopic (exact) mass is 143 g/mol. The summed E-state index contributed by atoms with van der Waals surface area (Å²) in [6.45, 7) is 2.27. The Morgan fingerprint density at radius 2 is 2.10 bits per heavy atom. The summed E-state index contributed by atoms with van der Waals surface area (Å²) in [5.74, 6) is -0.846. The van der Waals surface area contributed by atoms with Crippen LogP contribution < -0.4 is 0 Å². The maximum Gasteiger partial charge on any atom is 0.330 e. The first kappa shape index (κ1) is 9.17. The van der Waals surface area contributed by atoms with Gasteiger partial charge in [-0.2, -0.15) is 0 Å². The summed E-state index contributed by atoms with van der Waals surface area (Å²) in [6.07, 6.45) is 1.68. The Balaban J connectivity index is 3.81. The van der Waals surface area contributed by atoms with Gasteiger partial charge >= 0.3 is 5.97 Å². The van der Waals surface area contributed by atoms with Gasteiger partial charge in [-0.05, 0) is 21.0 Å². The molecule has 0 unspecified atom stereocenters. The van der Waals surface area contributed by atoms with E-state index in [4.69, 9.17) is 5.11 Å². The molecule has 0 aliphatic carbocycles. The summed E-state index contributed by atoms with van der Waals surface area (Å²) < 4.78 is 0. The highest BCUT2D eigenvalue weighted by atomic mass is 16.4.